The summed E-state index contributed by atoms with van der Waals surface area (Å²) in [6.45, 7) is 6.24. The number of amides is 1. The van der Waals surface area contributed by atoms with Gasteiger partial charge in [-0.1, -0.05) is 18.5 Å². The summed E-state index contributed by atoms with van der Waals surface area (Å²) in [5.41, 5.74) is 2.35. The fourth-order valence-electron chi connectivity index (χ4n) is 2.31. The van der Waals surface area contributed by atoms with E-state index in [2.05, 4.69) is 5.32 Å². The highest BCUT2D eigenvalue weighted by Crippen LogP contribution is 2.25. The maximum absolute atomic E-state index is 12.3. The van der Waals surface area contributed by atoms with Crippen molar-refractivity contribution in [3.8, 4) is 11.5 Å². The molecular weight excluding hydrogens is 338 g/mol. The Balaban J connectivity index is 2.16. The number of carbonyl (C=O) groups is 1. The van der Waals surface area contributed by atoms with E-state index >= 15 is 0 Å². The number of nitrogens with one attached hydrogen (secondary N) is 1. The molecule has 0 heterocycles. The van der Waals surface area contributed by atoms with E-state index in [1.54, 1.807) is 31.4 Å². The first-order chi connectivity index (χ1) is 11.9. The van der Waals surface area contributed by atoms with Crippen LogP contribution in [0.2, 0.25) is 5.02 Å². The lowest BCUT2D eigenvalue weighted by Gasteiger charge is -2.14. The van der Waals surface area contributed by atoms with Gasteiger partial charge in [-0.15, -0.1) is 0 Å². The van der Waals surface area contributed by atoms with Crippen LogP contribution in [0.15, 0.2) is 36.4 Å². The molecule has 2 aromatic carbocycles. The lowest BCUT2D eigenvalue weighted by Crippen LogP contribution is -2.31. The minimum atomic E-state index is -0.0967. The second-order valence-corrected chi connectivity index (χ2v) is 6.42. The Morgan fingerprint density at radius 1 is 1.24 bits per heavy atom. The normalized spacial score (nSPS) is 11.7. The summed E-state index contributed by atoms with van der Waals surface area (Å²) in [5.74, 6) is 1.31. The van der Waals surface area contributed by atoms with Crippen LogP contribution in [-0.2, 0) is 6.61 Å². The first kappa shape index (κ1) is 19.1. The molecule has 2 rings (SSSR count). The molecule has 4 nitrogen and oxygen atoms in total. The highest BCUT2D eigenvalue weighted by molar-refractivity contribution is 6.31. The Hall–Kier alpha value is -2.20. The third-order valence-corrected chi connectivity index (χ3v) is 4.48. The lowest BCUT2D eigenvalue weighted by molar-refractivity contribution is 0.0939. The molecule has 0 spiro atoms. The summed E-state index contributed by atoms with van der Waals surface area (Å²) < 4.78 is 11.2. The number of halogens is 1. The third kappa shape index (κ3) is 5.13. The van der Waals surface area contributed by atoms with Crippen molar-refractivity contribution in [1.82, 2.24) is 5.32 Å². The van der Waals surface area contributed by atoms with Crippen LogP contribution < -0.4 is 14.8 Å². The van der Waals surface area contributed by atoms with Crippen LogP contribution in [0.5, 0.6) is 11.5 Å². The molecule has 0 aliphatic heterocycles. The summed E-state index contributed by atoms with van der Waals surface area (Å²) in [6.07, 6.45) is 0.883. The zero-order valence-electron chi connectivity index (χ0n) is 15.1. The summed E-state index contributed by atoms with van der Waals surface area (Å²) >= 11 is 6.03. The number of ether oxygens (including phenoxy) is 2. The quantitative estimate of drug-likeness (QED) is 0.773. The molecule has 2 aromatic rings. The predicted octanol–water partition coefficient (Wildman–Crippen LogP) is 4.76. The van der Waals surface area contributed by atoms with Gasteiger partial charge in [0, 0.05) is 22.2 Å². The minimum Gasteiger partial charge on any atom is -0.496 e. The van der Waals surface area contributed by atoms with Crippen molar-refractivity contribution in [3.63, 3.8) is 0 Å². The van der Waals surface area contributed by atoms with Crippen molar-refractivity contribution in [2.45, 2.75) is 39.8 Å². The van der Waals surface area contributed by atoms with Crippen LogP contribution in [-0.4, -0.2) is 19.1 Å². The zero-order chi connectivity index (χ0) is 18.4. The number of methoxy groups -OCH3 is 1. The Kier molecular flexibility index (Phi) is 6.71. The van der Waals surface area contributed by atoms with Crippen LogP contribution in [0.1, 0.15) is 41.8 Å². The fraction of sp³-hybridized carbons (Fsp3) is 0.350. The Labute approximate surface area is 154 Å². The Morgan fingerprint density at radius 3 is 2.64 bits per heavy atom. The van der Waals surface area contributed by atoms with Crippen molar-refractivity contribution in [2.24, 2.45) is 0 Å². The van der Waals surface area contributed by atoms with Gasteiger partial charge in [0.05, 0.1) is 7.11 Å². The predicted molar refractivity (Wildman–Crippen MR) is 101 cm³/mol. The van der Waals surface area contributed by atoms with Crippen molar-refractivity contribution in [1.29, 1.82) is 0 Å². The van der Waals surface area contributed by atoms with Crippen molar-refractivity contribution in [3.05, 3.63) is 58.1 Å². The van der Waals surface area contributed by atoms with Gasteiger partial charge in [-0.25, -0.2) is 0 Å². The molecular formula is C20H24ClNO3. The molecule has 1 N–H and O–H groups in total. The first-order valence-electron chi connectivity index (χ1n) is 8.31. The van der Waals surface area contributed by atoms with Crippen LogP contribution in [0.3, 0.4) is 0 Å². The maximum atomic E-state index is 12.3. The second-order valence-electron chi connectivity index (χ2n) is 6.01. The first-order valence-corrected chi connectivity index (χ1v) is 8.69. The minimum absolute atomic E-state index is 0.0967. The van der Waals surface area contributed by atoms with E-state index in [1.807, 2.05) is 32.9 Å². The SMILES string of the molecule is CC[C@@H](C)NC(=O)c1ccc(OC)c(COc2ccc(Cl)c(C)c2)c1. The molecule has 0 fully saturated rings. The molecule has 0 unspecified atom stereocenters. The van der Waals surface area contributed by atoms with Crippen LogP contribution >= 0.6 is 11.6 Å². The highest BCUT2D eigenvalue weighted by atomic mass is 35.5. The van der Waals surface area contributed by atoms with E-state index in [0.29, 0.717) is 22.9 Å². The van der Waals surface area contributed by atoms with Gasteiger partial charge >= 0.3 is 0 Å². The molecule has 0 aliphatic rings. The van der Waals surface area contributed by atoms with Gasteiger partial charge in [0.15, 0.2) is 0 Å². The van der Waals surface area contributed by atoms with Crippen molar-refractivity contribution >= 4 is 17.5 Å². The molecule has 0 bridgehead atoms. The van der Waals surface area contributed by atoms with Gasteiger partial charge in [0.2, 0.25) is 0 Å². The summed E-state index contributed by atoms with van der Waals surface area (Å²) in [4.78, 5) is 12.3. The molecule has 0 aromatic heterocycles. The molecule has 1 atom stereocenters. The molecule has 134 valence electrons. The third-order valence-electron chi connectivity index (χ3n) is 4.06. The average Bonchev–Trinajstić information content (AvgIpc) is 2.62. The van der Waals surface area contributed by atoms with Gasteiger partial charge in [-0.2, -0.15) is 0 Å². The monoisotopic (exact) mass is 361 g/mol. The number of hydrogen-bond donors (Lipinski definition) is 1. The van der Waals surface area contributed by atoms with E-state index in [4.69, 9.17) is 21.1 Å². The molecule has 25 heavy (non-hydrogen) atoms. The van der Waals surface area contributed by atoms with E-state index in [-0.39, 0.29) is 11.9 Å². The zero-order valence-corrected chi connectivity index (χ0v) is 15.8. The number of carbonyl (C=O) groups excluding carboxylic acids is 1. The van der Waals surface area contributed by atoms with Gasteiger partial charge in [0.1, 0.15) is 18.1 Å². The van der Waals surface area contributed by atoms with E-state index in [9.17, 15) is 4.79 Å². The van der Waals surface area contributed by atoms with Crippen LogP contribution in [0, 0.1) is 6.92 Å². The molecule has 0 saturated carbocycles. The molecule has 0 radical (unpaired) electrons. The second kappa shape index (κ2) is 8.77. The number of hydrogen-bond acceptors (Lipinski definition) is 3. The van der Waals surface area contributed by atoms with Crippen molar-refractivity contribution < 1.29 is 14.3 Å². The van der Waals surface area contributed by atoms with E-state index in [1.165, 1.54) is 0 Å². The standard InChI is InChI=1S/C20H24ClNO3/c1-5-14(3)22-20(23)15-6-9-19(24-4)16(11-15)12-25-17-7-8-18(21)13(2)10-17/h6-11,14H,5,12H2,1-4H3,(H,22,23)/t14-/m1/s1. The largest absolute Gasteiger partial charge is 0.496 e. The molecule has 1 amide bonds. The number of aryl methyl sites for hydroxylation is 1. The highest BCUT2D eigenvalue weighted by Gasteiger charge is 2.12. The average molecular weight is 362 g/mol. The fourth-order valence-corrected chi connectivity index (χ4v) is 2.43. The van der Waals surface area contributed by atoms with Gasteiger partial charge in [0.25, 0.3) is 5.91 Å². The Bertz CT molecular complexity index is 746. The molecule has 0 saturated heterocycles. The van der Waals surface area contributed by atoms with Gasteiger partial charge < -0.3 is 14.8 Å². The smallest absolute Gasteiger partial charge is 0.251 e. The summed E-state index contributed by atoms with van der Waals surface area (Å²) in [5, 5.41) is 3.67. The van der Waals surface area contributed by atoms with E-state index < -0.39 is 0 Å². The summed E-state index contributed by atoms with van der Waals surface area (Å²) in [6, 6.07) is 11.0. The lowest BCUT2D eigenvalue weighted by atomic mass is 10.1. The van der Waals surface area contributed by atoms with Gasteiger partial charge in [-0.05, 0) is 62.2 Å². The van der Waals surface area contributed by atoms with Crippen LogP contribution in [0.25, 0.3) is 0 Å². The molecule has 5 heteroatoms. The van der Waals surface area contributed by atoms with Gasteiger partial charge in [-0.3, -0.25) is 4.79 Å². The topological polar surface area (TPSA) is 47.6 Å². The number of rotatable bonds is 7. The van der Waals surface area contributed by atoms with E-state index in [0.717, 1.165) is 23.3 Å². The van der Waals surface area contributed by atoms with Crippen LogP contribution in [0.4, 0.5) is 0 Å². The molecule has 0 aliphatic carbocycles. The number of benzene rings is 2. The maximum Gasteiger partial charge on any atom is 0.251 e. The summed E-state index contributed by atoms with van der Waals surface area (Å²) in [7, 11) is 1.60. The van der Waals surface area contributed by atoms with Crippen molar-refractivity contribution in [2.75, 3.05) is 7.11 Å². The Morgan fingerprint density at radius 2 is 2.00 bits per heavy atom.